The lowest BCUT2D eigenvalue weighted by Gasteiger charge is -2.07. The van der Waals surface area contributed by atoms with Gasteiger partial charge < -0.3 is 5.73 Å². The van der Waals surface area contributed by atoms with Crippen molar-refractivity contribution in [3.8, 4) is 0 Å². The molecule has 1 aromatic heterocycles. The minimum atomic E-state index is -3.91. The average Bonchev–Trinajstić information content (AvgIpc) is 2.28. The molecule has 0 fully saturated rings. The minimum Gasteiger partial charge on any atom is -0.399 e. The topological polar surface area (TPSA) is 98.0 Å². The van der Waals surface area contributed by atoms with Gasteiger partial charge in [-0.05, 0) is 18.2 Å². The molecule has 0 spiro atoms. The van der Waals surface area contributed by atoms with E-state index in [0.717, 1.165) is 18.2 Å². The number of nitrogens with zero attached hydrogens (tertiary/aromatic N) is 2. The van der Waals surface area contributed by atoms with Gasteiger partial charge in [-0.1, -0.05) is 0 Å². The van der Waals surface area contributed by atoms with Crippen LogP contribution in [0.15, 0.2) is 41.8 Å². The number of hydrogen-bond acceptors (Lipinski definition) is 5. The Hall–Kier alpha value is -2.22. The number of nitrogens with one attached hydrogen (secondary N) is 1. The van der Waals surface area contributed by atoms with Crippen LogP contribution in [0.4, 0.5) is 15.8 Å². The number of halogens is 1. The highest BCUT2D eigenvalue weighted by Crippen LogP contribution is 2.18. The van der Waals surface area contributed by atoms with E-state index in [1.807, 2.05) is 0 Å². The molecule has 0 aliphatic carbocycles. The van der Waals surface area contributed by atoms with Gasteiger partial charge in [0.1, 0.15) is 12.1 Å². The Morgan fingerprint density at radius 1 is 1.17 bits per heavy atom. The normalized spacial score (nSPS) is 11.2. The maximum absolute atomic E-state index is 13.1. The van der Waals surface area contributed by atoms with Crippen molar-refractivity contribution in [1.29, 1.82) is 0 Å². The van der Waals surface area contributed by atoms with Gasteiger partial charge in [0, 0.05) is 5.69 Å². The van der Waals surface area contributed by atoms with Crippen LogP contribution in [-0.2, 0) is 10.0 Å². The Labute approximate surface area is 103 Å². The third-order valence-electron chi connectivity index (χ3n) is 2.02. The van der Waals surface area contributed by atoms with Gasteiger partial charge in [-0.25, -0.2) is 22.8 Å². The quantitative estimate of drug-likeness (QED) is 0.809. The molecule has 0 radical (unpaired) electrons. The lowest BCUT2D eigenvalue weighted by molar-refractivity contribution is 0.595. The summed E-state index contributed by atoms with van der Waals surface area (Å²) in [4.78, 5) is 7.06. The smallest absolute Gasteiger partial charge is 0.262 e. The molecule has 2 aromatic rings. The molecule has 0 atom stereocenters. The van der Waals surface area contributed by atoms with E-state index in [4.69, 9.17) is 5.73 Å². The third kappa shape index (κ3) is 2.72. The Kier molecular flexibility index (Phi) is 3.11. The SMILES string of the molecule is Nc1cc(F)cc(S(=O)(=O)Nc2cncnc2)c1. The maximum atomic E-state index is 13.1. The lowest BCUT2D eigenvalue weighted by atomic mass is 10.3. The summed E-state index contributed by atoms with van der Waals surface area (Å²) in [5, 5.41) is 0. The molecule has 0 saturated carbocycles. The molecule has 1 heterocycles. The number of benzene rings is 1. The second-order valence-corrected chi connectivity index (χ2v) is 5.14. The van der Waals surface area contributed by atoms with Crippen LogP contribution in [0.5, 0.6) is 0 Å². The Morgan fingerprint density at radius 3 is 2.44 bits per heavy atom. The van der Waals surface area contributed by atoms with E-state index < -0.39 is 15.8 Å². The summed E-state index contributed by atoms with van der Waals surface area (Å²) in [6, 6.07) is 3.07. The molecule has 0 saturated heterocycles. The van der Waals surface area contributed by atoms with Crippen LogP contribution in [0.3, 0.4) is 0 Å². The van der Waals surface area contributed by atoms with E-state index in [0.29, 0.717) is 0 Å². The zero-order valence-corrected chi connectivity index (χ0v) is 9.86. The van der Waals surface area contributed by atoms with Crippen molar-refractivity contribution in [3.05, 3.63) is 42.7 Å². The molecule has 2 rings (SSSR count). The van der Waals surface area contributed by atoms with Crippen molar-refractivity contribution < 1.29 is 12.8 Å². The highest BCUT2D eigenvalue weighted by atomic mass is 32.2. The van der Waals surface area contributed by atoms with Gasteiger partial charge in [0.05, 0.1) is 23.0 Å². The predicted molar refractivity (Wildman–Crippen MR) is 63.7 cm³/mol. The van der Waals surface area contributed by atoms with E-state index in [1.54, 1.807) is 0 Å². The molecule has 0 aliphatic heterocycles. The minimum absolute atomic E-state index is 0.0275. The molecular weight excluding hydrogens is 259 g/mol. The molecule has 0 unspecified atom stereocenters. The fourth-order valence-corrected chi connectivity index (χ4v) is 2.40. The van der Waals surface area contributed by atoms with E-state index in [-0.39, 0.29) is 16.3 Å². The van der Waals surface area contributed by atoms with E-state index in [1.165, 1.54) is 18.7 Å². The fraction of sp³-hybridized carbons (Fsp3) is 0. The molecule has 94 valence electrons. The van der Waals surface area contributed by atoms with Crippen molar-refractivity contribution in [3.63, 3.8) is 0 Å². The van der Waals surface area contributed by atoms with Crippen molar-refractivity contribution in [2.75, 3.05) is 10.5 Å². The second-order valence-electron chi connectivity index (χ2n) is 3.45. The molecule has 0 amide bonds. The Bertz CT molecular complexity index is 641. The Morgan fingerprint density at radius 2 is 1.83 bits per heavy atom. The van der Waals surface area contributed by atoms with E-state index in [9.17, 15) is 12.8 Å². The summed E-state index contributed by atoms with van der Waals surface area (Å²) in [6.07, 6.45) is 3.83. The molecule has 0 bridgehead atoms. The predicted octanol–water partition coefficient (Wildman–Crippen LogP) is 0.999. The number of aromatic nitrogens is 2. The first-order valence-electron chi connectivity index (χ1n) is 4.81. The summed E-state index contributed by atoms with van der Waals surface area (Å²) in [5.74, 6) is -0.723. The zero-order chi connectivity index (χ0) is 13.2. The largest absolute Gasteiger partial charge is 0.399 e. The first-order valence-corrected chi connectivity index (χ1v) is 6.29. The number of hydrogen-bond donors (Lipinski definition) is 2. The highest BCUT2D eigenvalue weighted by molar-refractivity contribution is 7.92. The fourth-order valence-electron chi connectivity index (χ4n) is 1.31. The summed E-state index contributed by atoms with van der Waals surface area (Å²) in [6.45, 7) is 0. The van der Waals surface area contributed by atoms with Crippen LogP contribution >= 0.6 is 0 Å². The van der Waals surface area contributed by atoms with E-state index >= 15 is 0 Å². The van der Waals surface area contributed by atoms with Crippen LogP contribution in [0.1, 0.15) is 0 Å². The van der Waals surface area contributed by atoms with Crippen LogP contribution in [0.25, 0.3) is 0 Å². The summed E-state index contributed by atoms with van der Waals surface area (Å²) < 4.78 is 39.1. The van der Waals surface area contributed by atoms with Gasteiger partial charge in [0.2, 0.25) is 0 Å². The summed E-state index contributed by atoms with van der Waals surface area (Å²) in [5.41, 5.74) is 5.60. The first kappa shape index (κ1) is 12.2. The number of sulfonamides is 1. The lowest BCUT2D eigenvalue weighted by Crippen LogP contribution is -2.13. The summed E-state index contributed by atoms with van der Waals surface area (Å²) >= 11 is 0. The van der Waals surface area contributed by atoms with Gasteiger partial charge in [0.25, 0.3) is 10.0 Å². The monoisotopic (exact) mass is 268 g/mol. The molecular formula is C10H9FN4O2S. The summed E-state index contributed by atoms with van der Waals surface area (Å²) in [7, 11) is -3.91. The number of nitrogens with two attached hydrogens (primary N) is 1. The Balaban J connectivity index is 2.37. The van der Waals surface area contributed by atoms with Gasteiger partial charge in [-0.2, -0.15) is 0 Å². The van der Waals surface area contributed by atoms with Crippen molar-refractivity contribution >= 4 is 21.4 Å². The third-order valence-corrected chi connectivity index (χ3v) is 3.38. The molecule has 18 heavy (non-hydrogen) atoms. The molecule has 3 N–H and O–H groups in total. The standard InChI is InChI=1S/C10H9FN4O2S/c11-7-1-8(12)3-10(2-7)18(16,17)15-9-4-13-6-14-5-9/h1-6,15H,12H2. The van der Waals surface area contributed by atoms with Crippen molar-refractivity contribution in [2.45, 2.75) is 4.90 Å². The number of rotatable bonds is 3. The van der Waals surface area contributed by atoms with Crippen molar-refractivity contribution in [2.24, 2.45) is 0 Å². The highest BCUT2D eigenvalue weighted by Gasteiger charge is 2.16. The second kappa shape index (κ2) is 4.57. The van der Waals surface area contributed by atoms with Crippen LogP contribution < -0.4 is 10.5 Å². The number of anilines is 2. The van der Waals surface area contributed by atoms with Crippen LogP contribution in [0, 0.1) is 5.82 Å². The molecule has 6 nitrogen and oxygen atoms in total. The van der Waals surface area contributed by atoms with Gasteiger partial charge in [0.15, 0.2) is 0 Å². The van der Waals surface area contributed by atoms with Crippen molar-refractivity contribution in [1.82, 2.24) is 9.97 Å². The van der Waals surface area contributed by atoms with Gasteiger partial charge >= 0.3 is 0 Å². The van der Waals surface area contributed by atoms with E-state index in [2.05, 4.69) is 14.7 Å². The maximum Gasteiger partial charge on any atom is 0.262 e. The molecule has 0 aliphatic rings. The molecule has 8 heteroatoms. The average molecular weight is 268 g/mol. The van der Waals surface area contributed by atoms with Crippen LogP contribution in [0.2, 0.25) is 0 Å². The zero-order valence-electron chi connectivity index (χ0n) is 9.04. The van der Waals surface area contributed by atoms with Crippen LogP contribution in [-0.4, -0.2) is 18.4 Å². The number of nitrogen functional groups attached to an aromatic ring is 1. The van der Waals surface area contributed by atoms with Gasteiger partial charge in [-0.15, -0.1) is 0 Å². The first-order chi connectivity index (χ1) is 8.47. The van der Waals surface area contributed by atoms with Gasteiger partial charge in [-0.3, -0.25) is 4.72 Å². The molecule has 1 aromatic carbocycles.